The maximum atomic E-state index is 12.2. The van der Waals surface area contributed by atoms with Crippen LogP contribution in [0.1, 0.15) is 6.92 Å². The maximum absolute atomic E-state index is 12.2. The molecule has 1 amide bonds. The molecule has 0 saturated carbocycles. The molecule has 1 atom stereocenters. The summed E-state index contributed by atoms with van der Waals surface area (Å²) in [6.45, 7) is 1.49. The predicted molar refractivity (Wildman–Crippen MR) is 89.8 cm³/mol. The number of nitro groups is 1. The van der Waals surface area contributed by atoms with E-state index in [9.17, 15) is 14.9 Å². The van der Waals surface area contributed by atoms with E-state index in [1.165, 1.54) is 32.2 Å². The van der Waals surface area contributed by atoms with E-state index >= 15 is 0 Å². The molecule has 2 rings (SSSR count). The highest BCUT2D eigenvalue weighted by Gasteiger charge is 2.22. The molecule has 126 valence electrons. The summed E-state index contributed by atoms with van der Waals surface area (Å²) < 4.78 is 10.4. The minimum absolute atomic E-state index is 0.0254. The van der Waals surface area contributed by atoms with Crippen molar-refractivity contribution in [2.24, 2.45) is 0 Å². The topological polar surface area (TPSA) is 90.7 Å². The number of carbonyl (C=O) groups excluding carboxylic acids is 1. The molecule has 0 unspecified atom stereocenters. The number of methoxy groups -OCH3 is 1. The molecule has 0 spiro atoms. The third-order valence-corrected chi connectivity index (χ3v) is 3.50. The number of nitro benzene ring substituents is 1. The summed E-state index contributed by atoms with van der Waals surface area (Å²) in [5, 5.41) is 14.1. The molecule has 0 aliphatic rings. The summed E-state index contributed by atoms with van der Waals surface area (Å²) in [6.07, 6.45) is -0.964. The lowest BCUT2D eigenvalue weighted by atomic mass is 10.2. The first-order valence-corrected chi connectivity index (χ1v) is 7.34. The van der Waals surface area contributed by atoms with E-state index in [0.717, 1.165) is 0 Å². The number of rotatable bonds is 6. The van der Waals surface area contributed by atoms with Crippen LogP contribution in [0.2, 0.25) is 5.02 Å². The number of benzene rings is 2. The van der Waals surface area contributed by atoms with Crippen LogP contribution in [-0.2, 0) is 4.79 Å². The molecular weight excluding hydrogens is 336 g/mol. The molecule has 8 heteroatoms. The van der Waals surface area contributed by atoms with Gasteiger partial charge in [-0.15, -0.1) is 0 Å². The van der Waals surface area contributed by atoms with E-state index in [4.69, 9.17) is 21.1 Å². The number of hydrogen-bond donors (Lipinski definition) is 1. The van der Waals surface area contributed by atoms with E-state index < -0.39 is 16.9 Å². The molecule has 0 fully saturated rings. The van der Waals surface area contributed by atoms with E-state index in [0.29, 0.717) is 16.5 Å². The highest BCUT2D eigenvalue weighted by atomic mass is 35.5. The van der Waals surface area contributed by atoms with Crippen molar-refractivity contribution in [2.45, 2.75) is 13.0 Å². The van der Waals surface area contributed by atoms with Crippen molar-refractivity contribution >= 4 is 28.9 Å². The van der Waals surface area contributed by atoms with Crippen molar-refractivity contribution in [2.75, 3.05) is 12.4 Å². The molecule has 2 aromatic carbocycles. The van der Waals surface area contributed by atoms with Gasteiger partial charge in [0.2, 0.25) is 0 Å². The second kappa shape index (κ2) is 7.65. The van der Waals surface area contributed by atoms with Gasteiger partial charge in [0.05, 0.1) is 28.8 Å². The Balaban J connectivity index is 2.14. The molecule has 0 bridgehead atoms. The number of nitrogens with zero attached hydrogens (tertiary/aromatic N) is 1. The van der Waals surface area contributed by atoms with Crippen LogP contribution >= 0.6 is 11.6 Å². The monoisotopic (exact) mass is 350 g/mol. The van der Waals surface area contributed by atoms with Gasteiger partial charge in [0, 0.05) is 0 Å². The van der Waals surface area contributed by atoms with Gasteiger partial charge in [0.25, 0.3) is 5.91 Å². The summed E-state index contributed by atoms with van der Waals surface area (Å²) >= 11 is 5.97. The molecule has 0 aliphatic carbocycles. The zero-order valence-corrected chi connectivity index (χ0v) is 13.7. The molecule has 24 heavy (non-hydrogen) atoms. The first-order valence-electron chi connectivity index (χ1n) is 6.97. The van der Waals surface area contributed by atoms with Crippen molar-refractivity contribution in [1.82, 2.24) is 0 Å². The lowest BCUT2D eigenvalue weighted by Gasteiger charge is -2.15. The number of ether oxygens (including phenoxy) is 2. The maximum Gasteiger partial charge on any atom is 0.314 e. The molecule has 2 aromatic rings. The van der Waals surface area contributed by atoms with Gasteiger partial charge < -0.3 is 14.8 Å². The summed E-state index contributed by atoms with van der Waals surface area (Å²) in [5.41, 5.74) is 0.149. The van der Waals surface area contributed by atoms with Gasteiger partial charge in [-0.3, -0.25) is 14.9 Å². The van der Waals surface area contributed by atoms with Gasteiger partial charge >= 0.3 is 5.69 Å². The van der Waals surface area contributed by atoms with Crippen LogP contribution in [-0.4, -0.2) is 24.0 Å². The van der Waals surface area contributed by atoms with Crippen LogP contribution < -0.4 is 14.8 Å². The minimum atomic E-state index is -0.964. The fourth-order valence-corrected chi connectivity index (χ4v) is 2.09. The van der Waals surface area contributed by atoms with Crippen LogP contribution in [0.5, 0.6) is 11.5 Å². The van der Waals surface area contributed by atoms with Crippen LogP contribution in [0.25, 0.3) is 0 Å². The Morgan fingerprint density at radius 2 is 2.00 bits per heavy atom. The Kier molecular flexibility index (Phi) is 5.59. The van der Waals surface area contributed by atoms with Crippen LogP contribution in [0.15, 0.2) is 42.5 Å². The van der Waals surface area contributed by atoms with E-state index in [-0.39, 0.29) is 11.4 Å². The molecule has 0 heterocycles. The van der Waals surface area contributed by atoms with Crippen LogP contribution in [0.4, 0.5) is 11.4 Å². The second-order valence-corrected chi connectivity index (χ2v) is 5.23. The fourth-order valence-electron chi connectivity index (χ4n) is 1.91. The number of carbonyl (C=O) groups is 1. The van der Waals surface area contributed by atoms with Crippen molar-refractivity contribution in [1.29, 1.82) is 0 Å². The van der Waals surface area contributed by atoms with Gasteiger partial charge in [-0.25, -0.2) is 0 Å². The fraction of sp³-hybridized carbons (Fsp3) is 0.188. The lowest BCUT2D eigenvalue weighted by molar-refractivity contribution is -0.386. The SMILES string of the molecule is COc1ccc(O[C@@H](C)C(=O)Nc2ccccc2Cl)c([N+](=O)[O-])c1. The number of hydrogen-bond acceptors (Lipinski definition) is 5. The molecule has 0 aliphatic heterocycles. The third kappa shape index (κ3) is 4.14. The average Bonchev–Trinajstić information content (AvgIpc) is 2.57. The quantitative estimate of drug-likeness (QED) is 0.634. The summed E-state index contributed by atoms with van der Waals surface area (Å²) in [5.74, 6) is -0.182. The number of para-hydroxylation sites is 1. The smallest absolute Gasteiger partial charge is 0.314 e. The van der Waals surface area contributed by atoms with Crippen molar-refractivity contribution in [3.8, 4) is 11.5 Å². The zero-order chi connectivity index (χ0) is 17.7. The molecule has 0 saturated heterocycles. The molecular formula is C16H15ClN2O5. The normalized spacial score (nSPS) is 11.5. The Morgan fingerprint density at radius 3 is 2.62 bits per heavy atom. The van der Waals surface area contributed by atoms with Gasteiger partial charge in [0.1, 0.15) is 5.75 Å². The number of nitrogens with one attached hydrogen (secondary N) is 1. The number of anilines is 1. The Hall–Kier alpha value is -2.80. The largest absolute Gasteiger partial charge is 0.496 e. The first kappa shape index (κ1) is 17.6. The predicted octanol–water partition coefficient (Wildman–Crippen LogP) is 3.66. The van der Waals surface area contributed by atoms with E-state index in [1.54, 1.807) is 24.3 Å². The third-order valence-electron chi connectivity index (χ3n) is 3.17. The van der Waals surface area contributed by atoms with Crippen LogP contribution in [0.3, 0.4) is 0 Å². The standard InChI is InChI=1S/C16H15ClN2O5/c1-10(16(20)18-13-6-4-3-5-12(13)17)24-15-8-7-11(23-2)9-14(15)19(21)22/h3-10H,1-2H3,(H,18,20)/t10-/m0/s1. The van der Waals surface area contributed by atoms with Crippen molar-refractivity contribution < 1.29 is 19.2 Å². The lowest BCUT2D eigenvalue weighted by Crippen LogP contribution is -2.30. The zero-order valence-electron chi connectivity index (χ0n) is 13.0. The first-order chi connectivity index (χ1) is 11.4. The van der Waals surface area contributed by atoms with Gasteiger partial charge in [-0.2, -0.15) is 0 Å². The molecule has 7 nitrogen and oxygen atoms in total. The Labute approximate surface area is 143 Å². The number of halogens is 1. The summed E-state index contributed by atoms with van der Waals surface area (Å²) in [4.78, 5) is 22.7. The Bertz CT molecular complexity index is 766. The highest BCUT2D eigenvalue weighted by molar-refractivity contribution is 6.33. The Morgan fingerprint density at radius 1 is 1.29 bits per heavy atom. The molecule has 0 radical (unpaired) electrons. The van der Waals surface area contributed by atoms with Gasteiger partial charge in [-0.1, -0.05) is 23.7 Å². The number of amides is 1. The highest BCUT2D eigenvalue weighted by Crippen LogP contribution is 2.32. The molecule has 0 aromatic heterocycles. The van der Waals surface area contributed by atoms with Gasteiger partial charge in [-0.05, 0) is 31.2 Å². The van der Waals surface area contributed by atoms with Gasteiger partial charge in [0.15, 0.2) is 11.9 Å². The van der Waals surface area contributed by atoms with Crippen molar-refractivity contribution in [3.05, 3.63) is 57.6 Å². The second-order valence-electron chi connectivity index (χ2n) is 4.82. The van der Waals surface area contributed by atoms with E-state index in [1.807, 2.05) is 0 Å². The molecule has 1 N–H and O–H groups in total. The summed E-state index contributed by atoms with van der Waals surface area (Å²) in [6, 6.07) is 10.9. The van der Waals surface area contributed by atoms with Crippen LogP contribution in [0, 0.1) is 10.1 Å². The van der Waals surface area contributed by atoms with Crippen molar-refractivity contribution in [3.63, 3.8) is 0 Å². The average molecular weight is 351 g/mol. The van der Waals surface area contributed by atoms with E-state index in [2.05, 4.69) is 5.32 Å². The summed E-state index contributed by atoms with van der Waals surface area (Å²) in [7, 11) is 1.40. The minimum Gasteiger partial charge on any atom is -0.496 e.